The molecule has 1 aliphatic carbocycles. The van der Waals surface area contributed by atoms with Crippen molar-refractivity contribution in [2.24, 2.45) is 10.7 Å². The second-order valence-corrected chi connectivity index (χ2v) is 5.99. The summed E-state index contributed by atoms with van der Waals surface area (Å²) in [5.41, 5.74) is 6.99. The molecule has 1 fully saturated rings. The van der Waals surface area contributed by atoms with Crippen molar-refractivity contribution in [3.05, 3.63) is 29.8 Å². The van der Waals surface area contributed by atoms with Crippen LogP contribution in [0.5, 0.6) is 0 Å². The van der Waals surface area contributed by atoms with E-state index in [-0.39, 0.29) is 24.0 Å². The summed E-state index contributed by atoms with van der Waals surface area (Å²) in [6, 6.07) is 8.23. The third-order valence-electron chi connectivity index (χ3n) is 3.13. The van der Waals surface area contributed by atoms with Gasteiger partial charge >= 0.3 is 0 Å². The molecule has 2 N–H and O–H groups in total. The lowest BCUT2D eigenvalue weighted by atomic mass is 10.2. The van der Waals surface area contributed by atoms with E-state index in [2.05, 4.69) is 4.99 Å². The molecule has 0 saturated heterocycles. The van der Waals surface area contributed by atoms with Crippen molar-refractivity contribution in [3.8, 4) is 0 Å². The van der Waals surface area contributed by atoms with E-state index >= 15 is 0 Å². The Balaban J connectivity index is 0.00000180. The lowest BCUT2D eigenvalue weighted by Gasteiger charge is -2.16. The average Bonchev–Trinajstić information content (AvgIpc) is 3.19. The van der Waals surface area contributed by atoms with Crippen molar-refractivity contribution in [2.45, 2.75) is 30.3 Å². The third-order valence-corrected chi connectivity index (χ3v) is 4.07. The van der Waals surface area contributed by atoms with Gasteiger partial charge < -0.3 is 10.6 Å². The highest BCUT2D eigenvalue weighted by molar-refractivity contribution is 14.0. The maximum atomic E-state index is 11.3. The highest BCUT2D eigenvalue weighted by Crippen LogP contribution is 2.24. The van der Waals surface area contributed by atoms with Crippen LogP contribution in [0.2, 0.25) is 0 Å². The second kappa shape index (κ2) is 7.23. The van der Waals surface area contributed by atoms with Crippen LogP contribution in [0.4, 0.5) is 0 Å². The smallest absolute Gasteiger partial charge is 0.191 e. The molecule has 6 heteroatoms. The van der Waals surface area contributed by atoms with Crippen molar-refractivity contribution in [3.63, 3.8) is 0 Å². The average molecular weight is 393 g/mol. The van der Waals surface area contributed by atoms with Crippen LogP contribution in [0.1, 0.15) is 18.4 Å². The number of benzene rings is 1. The second-order valence-electron chi connectivity index (χ2n) is 4.61. The summed E-state index contributed by atoms with van der Waals surface area (Å²) in [7, 11) is 1.06. The molecule has 1 aromatic rings. The first-order valence-electron chi connectivity index (χ1n) is 6.03. The van der Waals surface area contributed by atoms with Crippen molar-refractivity contribution in [1.29, 1.82) is 0 Å². The monoisotopic (exact) mass is 393 g/mol. The van der Waals surface area contributed by atoms with Crippen molar-refractivity contribution in [2.75, 3.05) is 13.3 Å². The molecular formula is C13H20IN3OS. The standard InChI is InChI=1S/C13H19N3OS.HI/c1-16(11-5-6-11)13(14)15-9-10-3-7-12(8-4-10)18(2)17;/h3-4,7-8,11H,5-6,9H2,1-2H3,(H2,14,15);1H. The molecule has 0 radical (unpaired) electrons. The summed E-state index contributed by atoms with van der Waals surface area (Å²) in [6.45, 7) is 0.569. The molecule has 1 atom stereocenters. The van der Waals surface area contributed by atoms with Crippen LogP contribution >= 0.6 is 24.0 Å². The molecule has 4 nitrogen and oxygen atoms in total. The number of nitrogens with two attached hydrogens (primary N) is 1. The van der Waals surface area contributed by atoms with Crippen molar-refractivity contribution < 1.29 is 4.21 Å². The molecule has 0 spiro atoms. The maximum Gasteiger partial charge on any atom is 0.191 e. The predicted molar refractivity (Wildman–Crippen MR) is 90.3 cm³/mol. The Morgan fingerprint density at radius 2 is 2.00 bits per heavy atom. The third kappa shape index (κ3) is 4.76. The predicted octanol–water partition coefficient (Wildman–Crippen LogP) is 1.95. The van der Waals surface area contributed by atoms with Gasteiger partial charge in [0, 0.05) is 35.0 Å². The lowest BCUT2D eigenvalue weighted by molar-refractivity contribution is 0.487. The molecule has 0 bridgehead atoms. The first-order chi connectivity index (χ1) is 8.58. The van der Waals surface area contributed by atoms with Gasteiger partial charge in [-0.3, -0.25) is 4.21 Å². The molecule has 1 unspecified atom stereocenters. The highest BCUT2D eigenvalue weighted by atomic mass is 127. The lowest BCUT2D eigenvalue weighted by Crippen LogP contribution is -2.35. The molecule has 0 aliphatic heterocycles. The van der Waals surface area contributed by atoms with Gasteiger partial charge in [-0.1, -0.05) is 12.1 Å². The summed E-state index contributed by atoms with van der Waals surface area (Å²) in [6.07, 6.45) is 4.10. The number of nitrogens with zero attached hydrogens (tertiary/aromatic N) is 2. The first kappa shape index (κ1) is 16.4. The Morgan fingerprint density at radius 3 is 2.47 bits per heavy atom. The van der Waals surface area contributed by atoms with Gasteiger partial charge in [0.05, 0.1) is 6.54 Å². The Labute approximate surface area is 133 Å². The summed E-state index contributed by atoms with van der Waals surface area (Å²) in [5, 5.41) is 0. The fourth-order valence-corrected chi connectivity index (χ4v) is 2.24. The Hall–Kier alpha value is -0.630. The zero-order valence-electron chi connectivity index (χ0n) is 11.2. The molecule has 106 valence electrons. The molecule has 0 heterocycles. The van der Waals surface area contributed by atoms with Gasteiger partial charge in [0.2, 0.25) is 0 Å². The minimum atomic E-state index is -0.924. The van der Waals surface area contributed by atoms with E-state index in [1.807, 2.05) is 36.2 Å². The molecule has 19 heavy (non-hydrogen) atoms. The molecule has 1 aromatic carbocycles. The minimum Gasteiger partial charge on any atom is -0.370 e. The highest BCUT2D eigenvalue weighted by Gasteiger charge is 2.27. The van der Waals surface area contributed by atoms with Gasteiger partial charge in [-0.2, -0.15) is 0 Å². The zero-order chi connectivity index (χ0) is 13.1. The van der Waals surface area contributed by atoms with Crippen LogP contribution in [0.15, 0.2) is 34.2 Å². The van der Waals surface area contributed by atoms with E-state index in [1.54, 1.807) is 6.26 Å². The van der Waals surface area contributed by atoms with Gasteiger partial charge in [-0.15, -0.1) is 24.0 Å². The van der Waals surface area contributed by atoms with Crippen molar-refractivity contribution >= 4 is 40.7 Å². The van der Waals surface area contributed by atoms with Crippen LogP contribution in [-0.4, -0.2) is 34.4 Å². The molecule has 2 rings (SSSR count). The first-order valence-corrected chi connectivity index (χ1v) is 7.59. The molecule has 1 aliphatic rings. The van der Waals surface area contributed by atoms with Crippen molar-refractivity contribution in [1.82, 2.24) is 4.90 Å². The van der Waals surface area contributed by atoms with Gasteiger partial charge in [0.25, 0.3) is 0 Å². The van der Waals surface area contributed by atoms with Gasteiger partial charge in [0.15, 0.2) is 5.96 Å². The number of halogens is 1. The summed E-state index contributed by atoms with van der Waals surface area (Å²) >= 11 is 0. The fraction of sp³-hybridized carbons (Fsp3) is 0.462. The SMILES string of the molecule is CN(C(N)=NCc1ccc(S(C)=O)cc1)C1CC1.I. The Kier molecular flexibility index (Phi) is 6.25. The van der Waals surface area contributed by atoms with E-state index < -0.39 is 10.8 Å². The number of hydrogen-bond acceptors (Lipinski definition) is 2. The quantitative estimate of drug-likeness (QED) is 0.483. The van der Waals surface area contributed by atoms with E-state index in [9.17, 15) is 4.21 Å². The number of guanidine groups is 1. The molecule has 0 aromatic heterocycles. The molecule has 1 saturated carbocycles. The van der Waals surface area contributed by atoms with E-state index in [1.165, 1.54) is 12.8 Å². The normalized spacial score (nSPS) is 16.6. The largest absolute Gasteiger partial charge is 0.370 e. The summed E-state index contributed by atoms with van der Waals surface area (Å²) in [4.78, 5) is 7.25. The van der Waals surface area contributed by atoms with Crippen LogP contribution in [0.25, 0.3) is 0 Å². The maximum absolute atomic E-state index is 11.3. The topological polar surface area (TPSA) is 58.7 Å². The van der Waals surface area contributed by atoms with Crippen LogP contribution in [-0.2, 0) is 17.3 Å². The van der Waals surface area contributed by atoms with Gasteiger partial charge in [-0.05, 0) is 30.5 Å². The van der Waals surface area contributed by atoms with E-state index in [4.69, 9.17) is 5.73 Å². The fourth-order valence-electron chi connectivity index (χ4n) is 1.72. The Morgan fingerprint density at radius 1 is 1.42 bits per heavy atom. The Bertz CT molecular complexity index is 471. The number of aliphatic imine (C=N–C) groups is 1. The van der Waals surface area contributed by atoms with Crippen LogP contribution < -0.4 is 5.73 Å². The van der Waals surface area contributed by atoms with Crippen LogP contribution in [0.3, 0.4) is 0 Å². The van der Waals surface area contributed by atoms with Gasteiger partial charge in [-0.25, -0.2) is 4.99 Å². The summed E-state index contributed by atoms with van der Waals surface area (Å²) < 4.78 is 11.3. The minimum absolute atomic E-state index is 0. The van der Waals surface area contributed by atoms with Gasteiger partial charge in [0.1, 0.15) is 0 Å². The zero-order valence-corrected chi connectivity index (χ0v) is 14.4. The molecule has 0 amide bonds. The summed E-state index contributed by atoms with van der Waals surface area (Å²) in [5.74, 6) is 0.598. The van der Waals surface area contributed by atoms with E-state index in [0.717, 1.165) is 10.5 Å². The molecular weight excluding hydrogens is 373 g/mol. The number of rotatable bonds is 4. The van der Waals surface area contributed by atoms with E-state index in [0.29, 0.717) is 18.5 Å². The number of hydrogen-bond donors (Lipinski definition) is 1. The van der Waals surface area contributed by atoms with Crippen LogP contribution in [0, 0.1) is 0 Å².